The Bertz CT molecular complexity index is 2390. The summed E-state index contributed by atoms with van der Waals surface area (Å²) in [5.41, 5.74) is 10.0. The second-order valence-electron chi connectivity index (χ2n) is 10.9. The highest BCUT2D eigenvalue weighted by Gasteiger charge is 2.23. The van der Waals surface area contributed by atoms with Crippen LogP contribution in [0.3, 0.4) is 0 Å². The number of aromatic nitrogens is 1. The molecule has 0 amide bonds. The topological polar surface area (TPSA) is 18.1 Å². The molecule has 2 heteroatoms. The molecule has 0 aliphatic carbocycles. The second-order valence-corrected chi connectivity index (χ2v) is 10.9. The van der Waals surface area contributed by atoms with Gasteiger partial charge in [0.15, 0.2) is 5.58 Å². The van der Waals surface area contributed by atoms with Crippen LogP contribution in [0.15, 0.2) is 156 Å². The fourth-order valence-corrected chi connectivity index (χ4v) is 6.87. The van der Waals surface area contributed by atoms with E-state index in [9.17, 15) is 0 Å². The molecule has 0 radical (unpaired) electrons. The molecule has 0 saturated carbocycles. The van der Waals surface area contributed by atoms with Crippen LogP contribution in [0.4, 0.5) is 0 Å². The van der Waals surface area contributed by atoms with Crippen molar-refractivity contribution in [3.63, 3.8) is 0 Å². The van der Waals surface area contributed by atoms with Crippen LogP contribution in [0.5, 0.6) is 0 Å². The van der Waals surface area contributed by atoms with Crippen molar-refractivity contribution in [3.8, 4) is 27.9 Å². The predicted octanol–water partition coefficient (Wildman–Crippen LogP) is 11.2. The Morgan fingerprint density at radius 2 is 0.905 bits per heavy atom. The Morgan fingerprint density at radius 1 is 0.381 bits per heavy atom. The summed E-state index contributed by atoms with van der Waals surface area (Å²) in [6, 6.07) is 54.0. The van der Waals surface area contributed by atoms with E-state index in [2.05, 4.69) is 156 Å². The lowest BCUT2D eigenvalue weighted by molar-refractivity contribution is 0.674. The number of para-hydroxylation sites is 3. The van der Waals surface area contributed by atoms with Gasteiger partial charge in [0.05, 0.1) is 5.52 Å². The zero-order valence-electron chi connectivity index (χ0n) is 22.8. The molecule has 0 atom stereocenters. The van der Waals surface area contributed by atoms with E-state index in [1.807, 2.05) is 0 Å². The van der Waals surface area contributed by atoms with Crippen LogP contribution < -0.4 is 0 Å². The summed E-state index contributed by atoms with van der Waals surface area (Å²) in [7, 11) is 0. The smallest absolute Gasteiger partial charge is 0.161 e. The Morgan fingerprint density at radius 3 is 1.57 bits per heavy atom. The molecule has 2 heterocycles. The Balaban J connectivity index is 1.44. The van der Waals surface area contributed by atoms with Crippen molar-refractivity contribution in [2.45, 2.75) is 0 Å². The maximum absolute atomic E-state index is 6.95. The molecule has 0 spiro atoms. The fourth-order valence-electron chi connectivity index (χ4n) is 6.87. The molecule has 42 heavy (non-hydrogen) atoms. The largest absolute Gasteiger partial charge is 0.453 e. The lowest BCUT2D eigenvalue weighted by Gasteiger charge is -2.17. The number of fused-ring (bicyclic) bond motifs is 7. The fraction of sp³-hybridized carbons (Fsp3) is 0. The Hall–Kier alpha value is -5.60. The number of hydrogen-bond donors (Lipinski definition) is 0. The first-order chi connectivity index (χ1) is 20.9. The molecular formula is C40H25NO. The van der Waals surface area contributed by atoms with Gasteiger partial charge in [-0.05, 0) is 63.0 Å². The molecule has 0 bridgehead atoms. The van der Waals surface area contributed by atoms with Gasteiger partial charge in [0.25, 0.3) is 0 Å². The Kier molecular flexibility index (Phi) is 4.93. The van der Waals surface area contributed by atoms with Crippen molar-refractivity contribution in [1.82, 2.24) is 4.57 Å². The van der Waals surface area contributed by atoms with E-state index in [-0.39, 0.29) is 0 Å². The molecule has 0 saturated heterocycles. The molecule has 9 aromatic rings. The lowest BCUT2D eigenvalue weighted by atomic mass is 9.85. The zero-order valence-corrected chi connectivity index (χ0v) is 22.8. The summed E-state index contributed by atoms with van der Waals surface area (Å²) in [5, 5.41) is 7.16. The van der Waals surface area contributed by atoms with Crippen LogP contribution in [0.2, 0.25) is 0 Å². The first-order valence-corrected chi connectivity index (χ1v) is 14.4. The predicted molar refractivity (Wildman–Crippen MR) is 176 cm³/mol. The van der Waals surface area contributed by atoms with Gasteiger partial charge in [-0.15, -0.1) is 0 Å². The number of furan rings is 1. The van der Waals surface area contributed by atoms with E-state index in [4.69, 9.17) is 4.42 Å². The average molecular weight is 536 g/mol. The highest BCUT2D eigenvalue weighted by molar-refractivity contribution is 6.25. The molecule has 7 aromatic carbocycles. The van der Waals surface area contributed by atoms with Crippen LogP contribution in [-0.4, -0.2) is 4.57 Å². The highest BCUT2D eigenvalue weighted by Crippen LogP contribution is 2.47. The molecule has 0 fully saturated rings. The maximum atomic E-state index is 6.95. The number of hydrogen-bond acceptors (Lipinski definition) is 1. The van der Waals surface area contributed by atoms with Crippen LogP contribution >= 0.6 is 0 Å². The summed E-state index contributed by atoms with van der Waals surface area (Å²) in [6.45, 7) is 0. The lowest BCUT2D eigenvalue weighted by Crippen LogP contribution is -1.93. The first-order valence-electron chi connectivity index (χ1n) is 14.4. The van der Waals surface area contributed by atoms with E-state index in [0.717, 1.165) is 44.2 Å². The summed E-state index contributed by atoms with van der Waals surface area (Å²) < 4.78 is 9.29. The number of benzene rings is 7. The minimum Gasteiger partial charge on any atom is -0.453 e. The van der Waals surface area contributed by atoms with Crippen LogP contribution in [0.25, 0.3) is 82.5 Å². The molecule has 196 valence electrons. The van der Waals surface area contributed by atoms with E-state index < -0.39 is 0 Å². The summed E-state index contributed by atoms with van der Waals surface area (Å²) in [4.78, 5) is 0. The summed E-state index contributed by atoms with van der Waals surface area (Å²) >= 11 is 0. The molecule has 0 aliphatic rings. The minimum atomic E-state index is 0.917. The molecular weight excluding hydrogens is 510 g/mol. The van der Waals surface area contributed by atoms with Gasteiger partial charge in [0.2, 0.25) is 0 Å². The van der Waals surface area contributed by atoms with E-state index in [1.165, 1.54) is 38.2 Å². The average Bonchev–Trinajstić information content (AvgIpc) is 3.59. The molecule has 0 unspecified atom stereocenters. The van der Waals surface area contributed by atoms with Crippen molar-refractivity contribution in [2.75, 3.05) is 0 Å². The van der Waals surface area contributed by atoms with Gasteiger partial charge in [-0.1, -0.05) is 121 Å². The van der Waals surface area contributed by atoms with Crippen molar-refractivity contribution < 1.29 is 4.42 Å². The molecule has 9 rings (SSSR count). The standard InChI is InChI=1S/C40H25NO/c1-3-14-26(15-4-1)36-28-18-7-9-20-30(28)37(31-21-10-8-19-29(31)36)33-23-13-24-34-38-40(42-39(33)34)32-22-11-12-25-35(32)41(38)27-16-5-2-6-17-27/h1-25H. The Labute approximate surface area is 242 Å². The summed E-state index contributed by atoms with van der Waals surface area (Å²) in [6.07, 6.45) is 0. The first kappa shape index (κ1) is 23.1. The third-order valence-corrected chi connectivity index (χ3v) is 8.58. The second kappa shape index (κ2) is 8.95. The molecule has 0 aliphatic heterocycles. The van der Waals surface area contributed by atoms with E-state index in [1.54, 1.807) is 0 Å². The number of nitrogens with zero attached hydrogens (tertiary/aromatic N) is 1. The van der Waals surface area contributed by atoms with Crippen molar-refractivity contribution >= 4 is 54.5 Å². The third-order valence-electron chi connectivity index (χ3n) is 8.58. The molecule has 2 aromatic heterocycles. The summed E-state index contributed by atoms with van der Waals surface area (Å²) in [5.74, 6) is 0. The van der Waals surface area contributed by atoms with Crippen molar-refractivity contribution in [2.24, 2.45) is 0 Å². The normalized spacial score (nSPS) is 11.8. The highest BCUT2D eigenvalue weighted by atomic mass is 16.3. The molecule has 2 nitrogen and oxygen atoms in total. The minimum absolute atomic E-state index is 0.917. The van der Waals surface area contributed by atoms with Crippen molar-refractivity contribution in [3.05, 3.63) is 152 Å². The molecule has 0 N–H and O–H groups in total. The monoisotopic (exact) mass is 535 g/mol. The van der Waals surface area contributed by atoms with E-state index >= 15 is 0 Å². The SMILES string of the molecule is c1ccc(-c2c3ccccc3c(-c3cccc4c3oc3c5ccccc5n(-c5ccccc5)c43)c3ccccc23)cc1. The van der Waals surface area contributed by atoms with Crippen LogP contribution in [-0.2, 0) is 0 Å². The maximum Gasteiger partial charge on any atom is 0.161 e. The van der Waals surface area contributed by atoms with Crippen molar-refractivity contribution in [1.29, 1.82) is 0 Å². The van der Waals surface area contributed by atoms with Gasteiger partial charge < -0.3 is 8.98 Å². The van der Waals surface area contributed by atoms with Crippen LogP contribution in [0.1, 0.15) is 0 Å². The van der Waals surface area contributed by atoms with Crippen LogP contribution in [0, 0.1) is 0 Å². The van der Waals surface area contributed by atoms with Gasteiger partial charge in [-0.2, -0.15) is 0 Å². The van der Waals surface area contributed by atoms with E-state index in [0.29, 0.717) is 0 Å². The van der Waals surface area contributed by atoms with Gasteiger partial charge in [-0.25, -0.2) is 0 Å². The zero-order chi connectivity index (χ0) is 27.6. The van der Waals surface area contributed by atoms with Gasteiger partial charge in [-0.3, -0.25) is 0 Å². The third kappa shape index (κ3) is 3.21. The van der Waals surface area contributed by atoms with Gasteiger partial charge in [0, 0.05) is 27.6 Å². The number of rotatable bonds is 3. The van der Waals surface area contributed by atoms with Gasteiger partial charge in [0.1, 0.15) is 11.1 Å². The quantitative estimate of drug-likeness (QED) is 0.206. The van der Waals surface area contributed by atoms with Gasteiger partial charge >= 0.3 is 0 Å².